The summed E-state index contributed by atoms with van der Waals surface area (Å²) in [6.45, 7) is -0.659. The molecule has 22 atom stereocenters. The molecule has 3 heterocycles. The van der Waals surface area contributed by atoms with Crippen LogP contribution in [0.3, 0.4) is 0 Å². The highest BCUT2D eigenvalue weighted by atomic mass is 31.2. The van der Waals surface area contributed by atoms with Crippen molar-refractivity contribution < 1.29 is 200 Å². The average Bonchev–Trinajstić information content (AvgIpc) is 0.973. The van der Waals surface area contributed by atoms with Crippen molar-refractivity contribution in [2.24, 2.45) is 5.41 Å². The molecule has 3 amide bonds. The monoisotopic (exact) mass is 1760 g/mol. The highest BCUT2D eigenvalue weighted by Gasteiger charge is 2.48. The summed E-state index contributed by atoms with van der Waals surface area (Å²) >= 11 is 0. The van der Waals surface area contributed by atoms with Gasteiger partial charge >= 0.3 is 39.1 Å². The molecule has 11 unspecified atom stereocenters. The minimum absolute atomic E-state index is 0.0515. The minimum Gasteiger partial charge on any atom is -0.394 e. The number of carbonyl (C=O) groups excluding carboxylic acids is 3. The molecule has 3 saturated heterocycles. The summed E-state index contributed by atoms with van der Waals surface area (Å²) in [5.41, 5.74) is -1.60. The van der Waals surface area contributed by atoms with Gasteiger partial charge in [-0.25, -0.2) is 22.8 Å². The van der Waals surface area contributed by atoms with Crippen LogP contribution in [0.2, 0.25) is 0 Å². The van der Waals surface area contributed by atoms with Crippen molar-refractivity contribution in [3.63, 3.8) is 0 Å². The maximum absolute atomic E-state index is 13.7. The van der Waals surface area contributed by atoms with Crippen LogP contribution in [-0.4, -0.2) is 338 Å². The molecule has 3 aliphatic heterocycles. The standard InChI is InChI=1S/C64H126N3O42P5/c1-44-34-50(109-110(80,81)90-6)54(105-44)39-103-114(88,89)104-43-64(40-91-22-19-31-100-111(82,83)97-28-16-10-7-13-25-94-61(49(35-68)65-46(3)73)106-51(36-69)45(2)72,41-92-23-20-32-101-112(84,85)98-29-17-11-8-14-26-95-62-55(66-47(4)74)59(78)57(76)52(37-70)107-62)42-93-24-21-33-102-113(86,87)99-30-18-12-9-15-27-96-63-56(67-48(5)75)60(79)58(77)53(38-71)108-63/h44-45,49-63,68-72,76-79H,7-43H2,1-6H3,(H,65,73)(H,66,74)(H,67,75)(H,80,81)(H,82,83)(H,84,85)(H,86,87)(H,88,89)/t44-,45+,49-,50?,51?,52?,53?,54+,55-,56-,57-,58-,59?,60?,61+,62+,63+,64?/m0/s1. The molecule has 674 valence electrons. The van der Waals surface area contributed by atoms with Crippen LogP contribution in [0, 0.1) is 5.41 Å². The Morgan fingerprint density at radius 3 is 1.21 bits per heavy atom. The number of carbonyl (C=O) groups is 3. The summed E-state index contributed by atoms with van der Waals surface area (Å²) in [5, 5.41) is 97.6. The zero-order chi connectivity index (χ0) is 85.0. The second-order valence-electron chi connectivity index (χ2n) is 27.4. The van der Waals surface area contributed by atoms with E-state index in [0.717, 1.165) is 7.11 Å². The number of nitrogens with one attached hydrogen (secondary N) is 3. The molecule has 0 radical (unpaired) electrons. The molecule has 0 spiro atoms. The van der Waals surface area contributed by atoms with E-state index in [4.69, 9.17) is 88.1 Å². The largest absolute Gasteiger partial charge is 0.472 e. The number of aliphatic hydroxyl groups excluding tert-OH is 9. The Labute approximate surface area is 663 Å². The third-order valence-electron chi connectivity index (χ3n) is 17.3. The van der Waals surface area contributed by atoms with Gasteiger partial charge in [0.25, 0.3) is 0 Å². The van der Waals surface area contributed by atoms with E-state index in [0.29, 0.717) is 77.0 Å². The maximum atomic E-state index is 13.7. The Hall–Kier alpha value is -1.80. The number of hydrogen-bond acceptors (Lipinski definition) is 37. The Morgan fingerprint density at radius 1 is 0.465 bits per heavy atom. The van der Waals surface area contributed by atoms with Crippen LogP contribution in [0.15, 0.2) is 0 Å². The summed E-state index contributed by atoms with van der Waals surface area (Å²) in [5.74, 6) is -1.52. The van der Waals surface area contributed by atoms with Crippen LogP contribution < -0.4 is 16.0 Å². The summed E-state index contributed by atoms with van der Waals surface area (Å²) in [7, 11) is -22.7. The summed E-state index contributed by atoms with van der Waals surface area (Å²) in [6, 6.07) is -3.25. The van der Waals surface area contributed by atoms with Crippen LogP contribution in [0.5, 0.6) is 0 Å². The second-order valence-corrected chi connectivity index (χ2v) is 34.7. The Morgan fingerprint density at radius 2 is 0.851 bits per heavy atom. The first-order valence-corrected chi connectivity index (χ1v) is 45.2. The predicted octanol–water partition coefficient (Wildman–Crippen LogP) is 0.237. The topological polar surface area (TPSA) is 640 Å². The molecule has 0 saturated carbocycles. The lowest BCUT2D eigenvalue weighted by Gasteiger charge is -2.42. The number of ether oxygens (including phenoxy) is 10. The molecule has 45 nitrogen and oxygen atoms in total. The lowest BCUT2D eigenvalue weighted by atomic mass is 9.92. The van der Waals surface area contributed by atoms with Crippen molar-refractivity contribution in [1.82, 2.24) is 16.0 Å². The van der Waals surface area contributed by atoms with Gasteiger partial charge < -0.3 is 134 Å². The Bertz CT molecular complexity index is 2790. The van der Waals surface area contributed by atoms with Crippen molar-refractivity contribution in [2.45, 2.75) is 241 Å². The molecule has 0 aliphatic carbocycles. The van der Waals surface area contributed by atoms with Crippen molar-refractivity contribution in [3.05, 3.63) is 0 Å². The minimum atomic E-state index is -5.14. The molecule has 0 aromatic heterocycles. The molecule has 114 heavy (non-hydrogen) atoms. The highest BCUT2D eigenvalue weighted by molar-refractivity contribution is 7.48. The predicted molar refractivity (Wildman–Crippen MR) is 392 cm³/mol. The number of aliphatic hydroxyl groups is 9. The van der Waals surface area contributed by atoms with Crippen molar-refractivity contribution in [2.75, 3.05) is 146 Å². The van der Waals surface area contributed by atoms with E-state index in [2.05, 4.69) is 20.5 Å². The molecule has 3 rings (SSSR count). The number of rotatable bonds is 68. The van der Waals surface area contributed by atoms with Gasteiger partial charge in [-0.2, -0.15) is 0 Å². The fraction of sp³-hybridized carbons (Fsp3) is 0.953. The first-order valence-electron chi connectivity index (χ1n) is 37.8. The first-order chi connectivity index (χ1) is 53.9. The number of hydrogen-bond donors (Lipinski definition) is 17. The van der Waals surface area contributed by atoms with Crippen LogP contribution in [-0.2, 0) is 130 Å². The quantitative estimate of drug-likeness (QED) is 0.0220. The molecular formula is C64H126N3O42P5. The number of phosphoric acid groups is 5. The van der Waals surface area contributed by atoms with E-state index in [1.54, 1.807) is 6.92 Å². The summed E-state index contributed by atoms with van der Waals surface area (Å²) in [6.07, 6.45) is -11.7. The van der Waals surface area contributed by atoms with Gasteiger partial charge in [-0.3, -0.25) is 59.6 Å². The molecule has 0 aromatic carbocycles. The van der Waals surface area contributed by atoms with Crippen LogP contribution in [0.4, 0.5) is 0 Å². The van der Waals surface area contributed by atoms with Gasteiger partial charge in [0, 0.05) is 73.9 Å². The number of amides is 3. The molecule has 50 heteroatoms. The van der Waals surface area contributed by atoms with E-state index in [-0.39, 0.29) is 85.1 Å². The van der Waals surface area contributed by atoms with E-state index >= 15 is 0 Å². The van der Waals surface area contributed by atoms with E-state index in [9.17, 15) is 108 Å². The third kappa shape index (κ3) is 44.3. The fourth-order valence-corrected chi connectivity index (χ4v) is 15.2. The van der Waals surface area contributed by atoms with Gasteiger partial charge in [-0.1, -0.05) is 38.5 Å². The van der Waals surface area contributed by atoms with Crippen molar-refractivity contribution >= 4 is 56.8 Å². The Kier molecular flexibility index (Phi) is 53.0. The lowest BCUT2D eigenvalue weighted by Crippen LogP contribution is -2.64. The van der Waals surface area contributed by atoms with Gasteiger partial charge in [0.2, 0.25) is 17.7 Å². The third-order valence-corrected chi connectivity index (χ3v) is 22.3. The average molecular weight is 1760 g/mol. The van der Waals surface area contributed by atoms with Crippen molar-refractivity contribution in [3.8, 4) is 0 Å². The van der Waals surface area contributed by atoms with Gasteiger partial charge in [-0.05, 0) is 71.6 Å². The number of phosphoric ester groups is 5. The van der Waals surface area contributed by atoms with Crippen molar-refractivity contribution in [1.29, 1.82) is 0 Å². The molecule has 0 bridgehead atoms. The van der Waals surface area contributed by atoms with Crippen LogP contribution in [0.25, 0.3) is 0 Å². The van der Waals surface area contributed by atoms with Crippen LogP contribution >= 0.6 is 39.1 Å². The summed E-state index contributed by atoms with van der Waals surface area (Å²) < 4.78 is 174. The van der Waals surface area contributed by atoms with Crippen LogP contribution in [0.1, 0.15) is 137 Å². The summed E-state index contributed by atoms with van der Waals surface area (Å²) in [4.78, 5) is 87.8. The van der Waals surface area contributed by atoms with Gasteiger partial charge in [0.05, 0.1) is 117 Å². The van der Waals surface area contributed by atoms with E-state index in [1.165, 1.54) is 27.7 Å². The zero-order valence-electron chi connectivity index (χ0n) is 65.4. The molecule has 17 N–H and O–H groups in total. The maximum Gasteiger partial charge on any atom is 0.472 e. The second kappa shape index (κ2) is 56.8. The normalized spacial score (nSPS) is 27.0. The van der Waals surface area contributed by atoms with Gasteiger partial charge in [0.15, 0.2) is 18.9 Å². The first kappa shape index (κ1) is 106. The zero-order valence-corrected chi connectivity index (χ0v) is 69.9. The smallest absolute Gasteiger partial charge is 0.394 e. The fourth-order valence-electron chi connectivity index (χ4n) is 11.3. The van der Waals surface area contributed by atoms with E-state index < -0.39 is 246 Å². The lowest BCUT2D eigenvalue weighted by molar-refractivity contribution is -0.270. The van der Waals surface area contributed by atoms with E-state index in [1.807, 2.05) is 0 Å². The SMILES string of the molecule is COP(=O)(O)OC1C[C@H](C)O[C@@H]1COP(=O)(O)OCC(COCCCOP(=O)(O)OCCCCCCO[C@H](OC(CO)[C@@H](C)O)[C@H](CO)NC(C)=O)(COCCCOP(=O)(O)OCCCCCCO[C@@H]1OC(CO)[C@H](O)C(O)[C@@H]1NC(C)=O)COCCCOP(=O)(O)OCCCCCCO[C@@H]1OC(CO)[C@H](O)C(O)[C@@H]1NC(C)=O. The molecule has 3 fully saturated rings. The highest BCUT2D eigenvalue weighted by Crippen LogP contribution is 2.50. The molecular weight excluding hydrogens is 1640 g/mol. The molecule has 3 aliphatic rings. The Balaban J connectivity index is 1.66. The van der Waals surface area contributed by atoms with Gasteiger partial charge in [0.1, 0.15) is 73.1 Å². The van der Waals surface area contributed by atoms with Gasteiger partial charge in [-0.15, -0.1) is 0 Å². The molecule has 0 aromatic rings. The number of unbranched alkanes of at least 4 members (excludes halogenated alkanes) is 9.